The summed E-state index contributed by atoms with van der Waals surface area (Å²) < 4.78 is 0. The monoisotopic (exact) mass is 252 g/mol. The first kappa shape index (κ1) is 11.9. The van der Waals surface area contributed by atoms with Crippen molar-refractivity contribution < 1.29 is 4.79 Å². The highest BCUT2D eigenvalue weighted by molar-refractivity contribution is 5.94. The molecule has 2 aromatic rings. The molecule has 1 atom stereocenters. The minimum atomic E-state index is 0.0874. The van der Waals surface area contributed by atoms with Gasteiger partial charge in [-0.25, -0.2) is 0 Å². The SMILES string of the molecule is CC1Cc2ccccc2CN1C(=O)c1ccncc1. The number of hydrogen-bond acceptors (Lipinski definition) is 2. The predicted octanol–water partition coefficient (Wildman–Crippen LogP) is 2.67. The summed E-state index contributed by atoms with van der Waals surface area (Å²) >= 11 is 0. The second-order valence-corrected chi connectivity index (χ2v) is 4.99. The van der Waals surface area contributed by atoms with Gasteiger partial charge in [-0.3, -0.25) is 9.78 Å². The Labute approximate surface area is 112 Å². The third-order valence-corrected chi connectivity index (χ3v) is 3.69. The number of aromatic nitrogens is 1. The average molecular weight is 252 g/mol. The lowest BCUT2D eigenvalue weighted by Crippen LogP contribution is -2.42. The second kappa shape index (κ2) is 4.84. The first-order valence-corrected chi connectivity index (χ1v) is 6.53. The van der Waals surface area contributed by atoms with Gasteiger partial charge in [0.05, 0.1) is 0 Å². The summed E-state index contributed by atoms with van der Waals surface area (Å²) in [7, 11) is 0. The number of fused-ring (bicyclic) bond motifs is 1. The van der Waals surface area contributed by atoms with Gasteiger partial charge in [0.25, 0.3) is 5.91 Å². The van der Waals surface area contributed by atoms with Crippen LogP contribution in [0.2, 0.25) is 0 Å². The van der Waals surface area contributed by atoms with Crippen LogP contribution in [0.4, 0.5) is 0 Å². The molecule has 1 aromatic heterocycles. The van der Waals surface area contributed by atoms with Crippen molar-refractivity contribution in [1.29, 1.82) is 0 Å². The molecule has 0 fully saturated rings. The van der Waals surface area contributed by atoms with Gasteiger partial charge in [0.2, 0.25) is 0 Å². The van der Waals surface area contributed by atoms with E-state index in [9.17, 15) is 4.79 Å². The van der Waals surface area contributed by atoms with Crippen LogP contribution in [-0.4, -0.2) is 21.8 Å². The van der Waals surface area contributed by atoms with E-state index in [-0.39, 0.29) is 11.9 Å². The molecule has 1 aliphatic heterocycles. The Morgan fingerprint density at radius 2 is 1.84 bits per heavy atom. The van der Waals surface area contributed by atoms with E-state index in [0.717, 1.165) is 6.42 Å². The van der Waals surface area contributed by atoms with Crippen LogP contribution in [0.1, 0.15) is 28.4 Å². The van der Waals surface area contributed by atoms with E-state index >= 15 is 0 Å². The van der Waals surface area contributed by atoms with Crippen LogP contribution < -0.4 is 0 Å². The average Bonchev–Trinajstić information content (AvgIpc) is 2.47. The normalized spacial score (nSPS) is 17.9. The maximum atomic E-state index is 12.5. The highest BCUT2D eigenvalue weighted by Crippen LogP contribution is 2.24. The summed E-state index contributed by atoms with van der Waals surface area (Å²) in [4.78, 5) is 18.4. The van der Waals surface area contributed by atoms with Crippen molar-refractivity contribution in [2.24, 2.45) is 0 Å². The maximum Gasteiger partial charge on any atom is 0.254 e. The van der Waals surface area contributed by atoms with Crippen LogP contribution in [0.25, 0.3) is 0 Å². The maximum absolute atomic E-state index is 12.5. The van der Waals surface area contributed by atoms with E-state index in [0.29, 0.717) is 12.1 Å². The van der Waals surface area contributed by atoms with E-state index < -0.39 is 0 Å². The zero-order valence-electron chi connectivity index (χ0n) is 10.9. The summed E-state index contributed by atoms with van der Waals surface area (Å²) in [6, 6.07) is 12.1. The van der Waals surface area contributed by atoms with E-state index in [1.807, 2.05) is 11.0 Å². The lowest BCUT2D eigenvalue weighted by molar-refractivity contribution is 0.0658. The molecule has 96 valence electrons. The van der Waals surface area contributed by atoms with E-state index in [1.54, 1.807) is 24.5 Å². The summed E-state index contributed by atoms with van der Waals surface area (Å²) in [5.74, 6) is 0.0874. The smallest absolute Gasteiger partial charge is 0.254 e. The molecule has 1 aliphatic rings. The van der Waals surface area contributed by atoms with Crippen LogP contribution in [0.15, 0.2) is 48.8 Å². The van der Waals surface area contributed by atoms with Crippen LogP contribution in [0.5, 0.6) is 0 Å². The molecule has 0 saturated carbocycles. The molecule has 0 N–H and O–H groups in total. The largest absolute Gasteiger partial charge is 0.331 e. The molecule has 1 unspecified atom stereocenters. The van der Waals surface area contributed by atoms with Crippen molar-refractivity contribution in [1.82, 2.24) is 9.88 Å². The highest BCUT2D eigenvalue weighted by atomic mass is 16.2. The van der Waals surface area contributed by atoms with E-state index in [2.05, 4.69) is 30.1 Å². The Balaban J connectivity index is 1.89. The van der Waals surface area contributed by atoms with E-state index in [4.69, 9.17) is 0 Å². The standard InChI is InChI=1S/C16H16N2O/c1-12-10-14-4-2-3-5-15(14)11-18(12)16(19)13-6-8-17-9-7-13/h2-9,12H,10-11H2,1H3. The first-order valence-electron chi connectivity index (χ1n) is 6.53. The van der Waals surface area contributed by atoms with Crippen molar-refractivity contribution in [2.75, 3.05) is 0 Å². The quantitative estimate of drug-likeness (QED) is 0.781. The van der Waals surface area contributed by atoms with Crippen molar-refractivity contribution in [3.63, 3.8) is 0 Å². The Morgan fingerprint density at radius 1 is 1.16 bits per heavy atom. The van der Waals surface area contributed by atoms with Crippen LogP contribution in [0, 0.1) is 0 Å². The molecule has 0 bridgehead atoms. The zero-order valence-corrected chi connectivity index (χ0v) is 10.9. The van der Waals surface area contributed by atoms with Crippen molar-refractivity contribution in [3.05, 3.63) is 65.5 Å². The number of amides is 1. The van der Waals surface area contributed by atoms with E-state index in [1.165, 1.54) is 11.1 Å². The molecule has 0 saturated heterocycles. The van der Waals surface area contributed by atoms with Gasteiger partial charge < -0.3 is 4.90 Å². The summed E-state index contributed by atoms with van der Waals surface area (Å²) in [6.45, 7) is 2.80. The topological polar surface area (TPSA) is 33.2 Å². The van der Waals surface area contributed by atoms with Gasteiger partial charge >= 0.3 is 0 Å². The number of pyridine rings is 1. The van der Waals surface area contributed by atoms with Crippen molar-refractivity contribution in [2.45, 2.75) is 25.9 Å². The molecule has 2 heterocycles. The molecule has 3 heteroatoms. The zero-order chi connectivity index (χ0) is 13.2. The van der Waals surface area contributed by atoms with Gasteiger partial charge in [0.1, 0.15) is 0 Å². The lowest BCUT2D eigenvalue weighted by atomic mass is 9.94. The molecule has 19 heavy (non-hydrogen) atoms. The molecule has 3 rings (SSSR count). The second-order valence-electron chi connectivity index (χ2n) is 4.99. The first-order chi connectivity index (χ1) is 9.25. The number of nitrogens with zero attached hydrogens (tertiary/aromatic N) is 2. The van der Waals surface area contributed by atoms with Gasteiger partial charge in [0.15, 0.2) is 0 Å². The highest BCUT2D eigenvalue weighted by Gasteiger charge is 2.27. The summed E-state index contributed by atoms with van der Waals surface area (Å²) in [6.07, 6.45) is 4.25. The number of benzene rings is 1. The van der Waals surface area contributed by atoms with Crippen molar-refractivity contribution >= 4 is 5.91 Å². The third-order valence-electron chi connectivity index (χ3n) is 3.69. The Hall–Kier alpha value is -2.16. The molecular formula is C16H16N2O. The molecule has 1 amide bonds. The summed E-state index contributed by atoms with van der Waals surface area (Å²) in [5, 5.41) is 0. The fourth-order valence-corrected chi connectivity index (χ4v) is 2.61. The Bertz CT molecular complexity index is 595. The van der Waals surface area contributed by atoms with Crippen molar-refractivity contribution in [3.8, 4) is 0 Å². The lowest BCUT2D eigenvalue weighted by Gasteiger charge is -2.35. The van der Waals surface area contributed by atoms with Gasteiger partial charge in [0, 0.05) is 30.5 Å². The van der Waals surface area contributed by atoms with Gasteiger partial charge in [-0.2, -0.15) is 0 Å². The minimum Gasteiger partial charge on any atom is -0.331 e. The van der Waals surface area contributed by atoms with Gasteiger partial charge in [-0.05, 0) is 36.6 Å². The fourth-order valence-electron chi connectivity index (χ4n) is 2.61. The van der Waals surface area contributed by atoms with Crippen LogP contribution >= 0.6 is 0 Å². The molecule has 1 aromatic carbocycles. The Morgan fingerprint density at radius 3 is 2.58 bits per heavy atom. The van der Waals surface area contributed by atoms with Gasteiger partial charge in [-0.1, -0.05) is 24.3 Å². The van der Waals surface area contributed by atoms with Crippen LogP contribution in [0.3, 0.4) is 0 Å². The fraction of sp³-hybridized carbons (Fsp3) is 0.250. The molecule has 0 spiro atoms. The molecule has 0 radical (unpaired) electrons. The number of carbonyl (C=O) groups excluding carboxylic acids is 1. The third kappa shape index (κ3) is 2.24. The number of rotatable bonds is 1. The molecule has 3 nitrogen and oxygen atoms in total. The van der Waals surface area contributed by atoms with Crippen LogP contribution in [-0.2, 0) is 13.0 Å². The summed E-state index contributed by atoms with van der Waals surface area (Å²) in [5.41, 5.74) is 3.32. The molecule has 0 aliphatic carbocycles. The molecular weight excluding hydrogens is 236 g/mol. The predicted molar refractivity (Wildman–Crippen MR) is 73.7 cm³/mol. The number of hydrogen-bond donors (Lipinski definition) is 0. The number of carbonyl (C=O) groups is 1. The minimum absolute atomic E-state index is 0.0874. The van der Waals surface area contributed by atoms with Gasteiger partial charge in [-0.15, -0.1) is 0 Å². The Kier molecular flexibility index (Phi) is 3.03.